The minimum Gasteiger partial charge on any atom is -0.544 e. The van der Waals surface area contributed by atoms with Gasteiger partial charge in [0.1, 0.15) is 6.54 Å². The summed E-state index contributed by atoms with van der Waals surface area (Å²) in [5, 5.41) is 12.2. The normalized spacial score (nSPS) is 18.2. The van der Waals surface area contributed by atoms with Gasteiger partial charge in [-0.1, -0.05) is 75.8 Å². The number of unbranched alkanes of at least 4 members (excludes halogenated alkanes) is 7. The van der Waals surface area contributed by atoms with E-state index in [0.29, 0.717) is 25.1 Å². The van der Waals surface area contributed by atoms with Gasteiger partial charge in [-0.15, -0.1) is 0 Å². The minimum absolute atomic E-state index is 0.0196. The number of hydrogen-bond donors (Lipinski definition) is 0. The van der Waals surface area contributed by atoms with Crippen molar-refractivity contribution in [2.45, 2.75) is 102 Å². The summed E-state index contributed by atoms with van der Waals surface area (Å²) in [6.45, 7) is 1.61. The lowest BCUT2D eigenvalue weighted by atomic mass is 9.88. The number of aliphatic carboxylic acids is 1. The number of likely N-dealkylation sites (tertiary alicyclic amines) is 1. The van der Waals surface area contributed by atoms with Gasteiger partial charge in [0.25, 0.3) is 5.91 Å². The van der Waals surface area contributed by atoms with Crippen LogP contribution in [0, 0.1) is 0 Å². The lowest BCUT2D eigenvalue weighted by molar-refractivity contribution is -0.941. The van der Waals surface area contributed by atoms with E-state index in [4.69, 9.17) is 4.74 Å². The first-order valence-electron chi connectivity index (χ1n) is 16.9. The first-order valence-corrected chi connectivity index (χ1v) is 16.9. The van der Waals surface area contributed by atoms with Gasteiger partial charge in [0.05, 0.1) is 36.8 Å². The lowest BCUT2D eigenvalue weighted by Gasteiger charge is -2.50. The summed E-state index contributed by atoms with van der Waals surface area (Å²) in [5.41, 5.74) is -3.16. The van der Waals surface area contributed by atoms with Gasteiger partial charge in [0.15, 0.2) is 6.54 Å². The van der Waals surface area contributed by atoms with Crippen LogP contribution in [-0.4, -0.2) is 72.6 Å². The number of carbonyl (C=O) groups excluding carboxylic acids is 3. The molecular weight excluding hydrogens is 654 g/mol. The molecule has 1 heterocycles. The number of nitrogens with zero attached hydrogens (tertiary/aromatic N) is 2. The molecule has 0 aromatic heterocycles. The molecule has 2 aromatic rings. The number of halogens is 6. The molecular formula is C36H46F6N2O5. The number of quaternary nitrogens is 1. The number of carboxylic acids is 1. The van der Waals surface area contributed by atoms with Crippen molar-refractivity contribution in [3.63, 3.8) is 0 Å². The number of esters is 1. The van der Waals surface area contributed by atoms with Crippen LogP contribution in [0.1, 0.15) is 98.2 Å². The number of ether oxygens (including phenoxy) is 1. The number of hydrogen-bond acceptors (Lipinski definition) is 5. The number of amides is 1. The molecule has 2 aromatic carbocycles. The van der Waals surface area contributed by atoms with Crippen LogP contribution < -0.4 is 5.11 Å². The molecule has 0 saturated carbocycles. The second-order valence-corrected chi connectivity index (χ2v) is 13.0. The fourth-order valence-electron chi connectivity index (χ4n) is 6.91. The Morgan fingerprint density at radius 3 is 1.96 bits per heavy atom. The fraction of sp³-hybridized carbons (Fsp3) is 0.583. The second-order valence-electron chi connectivity index (χ2n) is 13.0. The molecule has 0 radical (unpaired) electrons. The zero-order valence-electron chi connectivity index (χ0n) is 28.1. The van der Waals surface area contributed by atoms with Gasteiger partial charge in [-0.25, -0.2) is 4.79 Å². The number of carbonyl (C=O) groups is 3. The van der Waals surface area contributed by atoms with Crippen molar-refractivity contribution in [2.24, 2.45) is 0 Å². The quantitative estimate of drug-likeness (QED) is 0.0783. The highest BCUT2D eigenvalue weighted by molar-refractivity contribution is 5.95. The van der Waals surface area contributed by atoms with Crippen LogP contribution in [0.2, 0.25) is 0 Å². The molecule has 7 nitrogen and oxygen atoms in total. The van der Waals surface area contributed by atoms with Gasteiger partial charge in [0, 0.05) is 31.0 Å². The molecule has 1 aliphatic heterocycles. The summed E-state index contributed by atoms with van der Waals surface area (Å²) in [6, 6.07) is 8.50. The van der Waals surface area contributed by atoms with Crippen molar-refractivity contribution < 1.29 is 55.1 Å². The highest BCUT2D eigenvalue weighted by Crippen LogP contribution is 2.38. The van der Waals surface area contributed by atoms with E-state index >= 15 is 0 Å². The maximum Gasteiger partial charge on any atom is 0.416 e. The summed E-state index contributed by atoms with van der Waals surface area (Å²) < 4.78 is 86.7. The van der Waals surface area contributed by atoms with Crippen LogP contribution in [0.5, 0.6) is 0 Å². The largest absolute Gasteiger partial charge is 0.544 e. The van der Waals surface area contributed by atoms with Crippen LogP contribution in [0.15, 0.2) is 48.5 Å². The molecule has 1 saturated heterocycles. The Labute approximate surface area is 283 Å². The summed E-state index contributed by atoms with van der Waals surface area (Å²) >= 11 is 0. The Hall–Kier alpha value is -3.61. The number of alkyl halides is 6. The van der Waals surface area contributed by atoms with Gasteiger partial charge >= 0.3 is 18.3 Å². The molecule has 0 spiro atoms. The Bertz CT molecular complexity index is 1350. The van der Waals surface area contributed by atoms with E-state index in [1.807, 2.05) is 0 Å². The molecule has 272 valence electrons. The highest BCUT2D eigenvalue weighted by Gasteiger charge is 2.45. The van der Waals surface area contributed by atoms with E-state index < -0.39 is 65.5 Å². The molecule has 1 fully saturated rings. The van der Waals surface area contributed by atoms with Crippen molar-refractivity contribution in [1.29, 1.82) is 0 Å². The number of benzene rings is 2. The van der Waals surface area contributed by atoms with Gasteiger partial charge < -0.3 is 24.0 Å². The van der Waals surface area contributed by atoms with Crippen LogP contribution in [0.4, 0.5) is 26.3 Å². The van der Waals surface area contributed by atoms with E-state index in [2.05, 4.69) is 6.92 Å². The molecule has 0 bridgehead atoms. The molecule has 1 amide bonds. The first-order chi connectivity index (χ1) is 23.1. The highest BCUT2D eigenvalue weighted by atomic mass is 19.4. The van der Waals surface area contributed by atoms with E-state index in [1.165, 1.54) is 12.0 Å². The monoisotopic (exact) mass is 700 g/mol. The van der Waals surface area contributed by atoms with Crippen molar-refractivity contribution in [1.82, 2.24) is 4.90 Å². The predicted octanol–water partition coefficient (Wildman–Crippen LogP) is 6.82. The zero-order valence-corrected chi connectivity index (χ0v) is 28.1. The molecule has 13 heteroatoms. The average Bonchev–Trinajstić information content (AvgIpc) is 3.04. The van der Waals surface area contributed by atoms with E-state index in [0.717, 1.165) is 50.5 Å². The van der Waals surface area contributed by atoms with Gasteiger partial charge in [-0.05, 0) is 43.0 Å². The SMILES string of the molecule is CCCCCCCCCC[N+](CC(=O)[O-])(CC(=O)OC)[C@H]1CCN(C(=O)c2cc(C(F)(F)F)cc(C(F)(F)F)c2)[C@H](Cc2ccccc2)C1. The van der Waals surface area contributed by atoms with Crippen LogP contribution >= 0.6 is 0 Å². The smallest absolute Gasteiger partial charge is 0.416 e. The third-order valence-corrected chi connectivity index (χ3v) is 9.45. The van der Waals surface area contributed by atoms with Crippen molar-refractivity contribution in [3.8, 4) is 0 Å². The minimum atomic E-state index is -5.13. The van der Waals surface area contributed by atoms with Crippen molar-refractivity contribution in [3.05, 3.63) is 70.8 Å². The maximum absolute atomic E-state index is 13.9. The topological polar surface area (TPSA) is 86.7 Å². The maximum atomic E-state index is 13.9. The van der Waals surface area contributed by atoms with Crippen LogP contribution in [0.25, 0.3) is 0 Å². The zero-order chi connectivity index (χ0) is 36.2. The fourth-order valence-corrected chi connectivity index (χ4v) is 6.91. The van der Waals surface area contributed by atoms with E-state index in [9.17, 15) is 45.8 Å². The number of piperidine rings is 1. The molecule has 1 unspecified atom stereocenters. The molecule has 0 aliphatic carbocycles. The number of methoxy groups -OCH3 is 1. The van der Waals surface area contributed by atoms with Gasteiger partial charge in [-0.2, -0.15) is 26.3 Å². The predicted molar refractivity (Wildman–Crippen MR) is 169 cm³/mol. The lowest BCUT2D eigenvalue weighted by Crippen LogP contribution is -2.66. The summed E-state index contributed by atoms with van der Waals surface area (Å²) in [7, 11) is 1.20. The van der Waals surface area contributed by atoms with Gasteiger partial charge in [-0.3, -0.25) is 4.79 Å². The summed E-state index contributed by atoms with van der Waals surface area (Å²) in [6.07, 6.45) is -1.83. The molecule has 1 aliphatic rings. The Morgan fingerprint density at radius 1 is 0.857 bits per heavy atom. The average molecular weight is 701 g/mol. The van der Waals surface area contributed by atoms with Crippen LogP contribution in [-0.2, 0) is 33.1 Å². The van der Waals surface area contributed by atoms with Crippen LogP contribution in [0.3, 0.4) is 0 Å². The molecule has 49 heavy (non-hydrogen) atoms. The Kier molecular flexibility index (Phi) is 14.5. The molecule has 0 N–H and O–H groups in total. The third-order valence-electron chi connectivity index (χ3n) is 9.45. The molecule has 3 atom stereocenters. The Balaban J connectivity index is 1.98. The van der Waals surface area contributed by atoms with Crippen molar-refractivity contribution in [2.75, 3.05) is 33.3 Å². The van der Waals surface area contributed by atoms with E-state index in [-0.39, 0.29) is 42.9 Å². The first kappa shape index (κ1) is 39.8. The van der Waals surface area contributed by atoms with E-state index in [1.54, 1.807) is 30.3 Å². The number of rotatable bonds is 17. The Morgan fingerprint density at radius 2 is 1.43 bits per heavy atom. The third kappa shape index (κ3) is 11.8. The number of carboxylic acid groups (broad SMARTS) is 1. The summed E-state index contributed by atoms with van der Waals surface area (Å²) in [4.78, 5) is 40.1. The molecule has 3 rings (SSSR count). The van der Waals surface area contributed by atoms with Crippen molar-refractivity contribution >= 4 is 17.8 Å². The van der Waals surface area contributed by atoms with Gasteiger partial charge in [0.2, 0.25) is 0 Å². The second kappa shape index (κ2) is 17.9. The summed E-state index contributed by atoms with van der Waals surface area (Å²) in [5.74, 6) is -2.99. The standard InChI is InChI=1S/C36H46F6N2O5/c1-3-4-5-6-7-8-9-13-18-44(24-32(45)46,25-33(47)49-2)31-16-17-43(30(23-31)19-26-14-11-10-12-15-26)34(48)27-20-28(35(37,38)39)22-29(21-27)36(40,41)42/h10-12,14-15,20-22,30-31H,3-9,13,16-19,23-25H2,1-2H3/t30-,31+,44?/m1/s1.